The van der Waals surface area contributed by atoms with Crippen molar-refractivity contribution >= 4 is 18.0 Å². The Labute approximate surface area is 111 Å². The normalized spacial score (nSPS) is 35.1. The van der Waals surface area contributed by atoms with Gasteiger partial charge < -0.3 is 19.8 Å². The van der Waals surface area contributed by atoms with Crippen LogP contribution < -0.4 is 0 Å². The van der Waals surface area contributed by atoms with Crippen LogP contribution in [0.3, 0.4) is 0 Å². The van der Waals surface area contributed by atoms with E-state index in [1.807, 2.05) is 17.2 Å². The van der Waals surface area contributed by atoms with Gasteiger partial charge in [0.2, 0.25) is 0 Å². The van der Waals surface area contributed by atoms with Gasteiger partial charge in [-0.05, 0) is 6.08 Å². The maximum Gasteiger partial charge on any atom is 0.146 e. The number of ether oxygens (including phenoxy) is 1. The number of aliphatic imine (C=N–C) groups is 1. The van der Waals surface area contributed by atoms with Crippen LogP contribution in [-0.4, -0.2) is 64.0 Å². The molecular formula is C12H18N2O3S. The first-order chi connectivity index (χ1) is 8.77. The number of hydrogen-bond donors (Lipinski definition) is 2. The van der Waals surface area contributed by atoms with Gasteiger partial charge in [0.25, 0.3) is 0 Å². The molecule has 100 valence electrons. The summed E-state index contributed by atoms with van der Waals surface area (Å²) in [5.74, 6) is 0.737. The minimum atomic E-state index is -0.677. The average molecular weight is 270 g/mol. The van der Waals surface area contributed by atoms with Crippen LogP contribution in [0.2, 0.25) is 0 Å². The largest absolute Gasteiger partial charge is 0.394 e. The van der Waals surface area contributed by atoms with E-state index in [2.05, 4.69) is 11.6 Å². The van der Waals surface area contributed by atoms with Gasteiger partial charge in [-0.2, -0.15) is 0 Å². The molecule has 6 heteroatoms. The summed E-state index contributed by atoms with van der Waals surface area (Å²) in [7, 11) is 0. The van der Waals surface area contributed by atoms with Crippen molar-refractivity contribution in [3.8, 4) is 0 Å². The van der Waals surface area contributed by atoms with Crippen molar-refractivity contribution in [3.05, 3.63) is 24.9 Å². The summed E-state index contributed by atoms with van der Waals surface area (Å²) in [5, 5.41) is 19.2. The second-order valence-corrected chi connectivity index (χ2v) is 5.36. The Kier molecular flexibility index (Phi) is 4.82. The van der Waals surface area contributed by atoms with Crippen LogP contribution in [0.25, 0.3) is 0 Å². The molecule has 0 radical (unpaired) electrons. The number of allylic oxidation sites excluding steroid dienone is 1. The monoisotopic (exact) mass is 270 g/mol. The van der Waals surface area contributed by atoms with Gasteiger partial charge in [0, 0.05) is 18.2 Å². The molecule has 0 saturated carbocycles. The Morgan fingerprint density at radius 1 is 1.61 bits per heavy atom. The molecular weight excluding hydrogens is 252 g/mol. The van der Waals surface area contributed by atoms with Crippen LogP contribution >= 0.6 is 11.8 Å². The third kappa shape index (κ3) is 2.77. The molecule has 18 heavy (non-hydrogen) atoms. The zero-order valence-electron chi connectivity index (χ0n) is 10.1. The van der Waals surface area contributed by atoms with Crippen molar-refractivity contribution < 1.29 is 14.9 Å². The lowest BCUT2D eigenvalue weighted by molar-refractivity contribution is -0.0632. The Hall–Kier alpha value is -0.820. The van der Waals surface area contributed by atoms with E-state index < -0.39 is 12.2 Å². The Bertz CT molecular complexity index is 348. The fourth-order valence-electron chi connectivity index (χ4n) is 2.06. The standard InChI is InChI=1S/C12H18N2O3S/c1-2-6-18-11-10(16)9(7-15)17-12(11)14-5-3-4-13-8-14/h2-5,9-12,15-16H,1,6-8H2/t9-,10-,11+,12-/m1/s1. The predicted molar refractivity (Wildman–Crippen MR) is 72.5 cm³/mol. The molecule has 2 heterocycles. The fraction of sp³-hybridized carbons (Fsp3) is 0.583. The third-order valence-corrected chi connectivity index (χ3v) is 4.26. The molecule has 0 aromatic rings. The van der Waals surface area contributed by atoms with E-state index in [1.165, 1.54) is 0 Å². The van der Waals surface area contributed by atoms with Gasteiger partial charge in [0.05, 0.1) is 18.0 Å². The van der Waals surface area contributed by atoms with Crippen molar-refractivity contribution in [1.29, 1.82) is 0 Å². The van der Waals surface area contributed by atoms with Crippen LogP contribution in [0.5, 0.6) is 0 Å². The highest BCUT2D eigenvalue weighted by Gasteiger charge is 2.45. The predicted octanol–water partition coefficient (Wildman–Crippen LogP) is 0.210. The first-order valence-corrected chi connectivity index (χ1v) is 6.92. The molecule has 2 N–H and O–H groups in total. The summed E-state index contributed by atoms with van der Waals surface area (Å²) in [5.41, 5.74) is 0. The van der Waals surface area contributed by atoms with E-state index in [0.29, 0.717) is 6.67 Å². The van der Waals surface area contributed by atoms with Crippen LogP contribution in [0.4, 0.5) is 0 Å². The van der Waals surface area contributed by atoms with Gasteiger partial charge in [-0.1, -0.05) is 6.08 Å². The SMILES string of the molecule is C=CCS[C@H]1[C@H](O)[C@@H](CO)O[C@H]1N1C=CC=NC1. The summed E-state index contributed by atoms with van der Waals surface area (Å²) >= 11 is 1.58. The number of thioether (sulfide) groups is 1. The summed E-state index contributed by atoms with van der Waals surface area (Å²) < 4.78 is 5.72. The summed E-state index contributed by atoms with van der Waals surface area (Å²) in [6.07, 6.45) is 5.78. The lowest BCUT2D eigenvalue weighted by Crippen LogP contribution is -2.40. The van der Waals surface area contributed by atoms with E-state index >= 15 is 0 Å². The van der Waals surface area contributed by atoms with Crippen molar-refractivity contribution in [3.63, 3.8) is 0 Å². The second-order valence-electron chi connectivity index (χ2n) is 4.15. The van der Waals surface area contributed by atoms with Crippen molar-refractivity contribution in [2.45, 2.75) is 23.7 Å². The lowest BCUT2D eigenvalue weighted by atomic mass is 10.2. The van der Waals surface area contributed by atoms with Crippen LogP contribution in [0.15, 0.2) is 29.9 Å². The minimum absolute atomic E-state index is 0.113. The highest BCUT2D eigenvalue weighted by molar-refractivity contribution is 8.00. The van der Waals surface area contributed by atoms with E-state index in [1.54, 1.807) is 24.1 Å². The smallest absolute Gasteiger partial charge is 0.146 e. The van der Waals surface area contributed by atoms with Gasteiger partial charge in [-0.25, -0.2) is 0 Å². The van der Waals surface area contributed by atoms with Gasteiger partial charge >= 0.3 is 0 Å². The van der Waals surface area contributed by atoms with Gasteiger partial charge in [-0.3, -0.25) is 4.99 Å². The minimum Gasteiger partial charge on any atom is -0.394 e. The molecule has 5 nitrogen and oxygen atoms in total. The summed E-state index contributed by atoms with van der Waals surface area (Å²) in [4.78, 5) is 6.08. The Morgan fingerprint density at radius 2 is 2.44 bits per heavy atom. The molecule has 0 aromatic carbocycles. The zero-order valence-corrected chi connectivity index (χ0v) is 10.9. The van der Waals surface area contributed by atoms with Crippen LogP contribution in [0, 0.1) is 0 Å². The number of nitrogens with zero attached hydrogens (tertiary/aromatic N) is 2. The average Bonchev–Trinajstić information content (AvgIpc) is 2.74. The zero-order chi connectivity index (χ0) is 13.0. The molecule has 2 aliphatic rings. The first-order valence-electron chi connectivity index (χ1n) is 5.87. The second kappa shape index (κ2) is 6.38. The number of hydrogen-bond acceptors (Lipinski definition) is 6. The topological polar surface area (TPSA) is 65.3 Å². The Morgan fingerprint density at radius 3 is 3.06 bits per heavy atom. The van der Waals surface area contributed by atoms with Crippen molar-refractivity contribution in [2.24, 2.45) is 4.99 Å². The molecule has 2 aliphatic heterocycles. The maximum atomic E-state index is 10.1. The summed E-state index contributed by atoms with van der Waals surface area (Å²) in [6, 6.07) is 0. The summed E-state index contributed by atoms with van der Waals surface area (Å²) in [6.45, 7) is 4.01. The molecule has 0 spiro atoms. The number of rotatable bonds is 5. The van der Waals surface area contributed by atoms with Gasteiger partial charge in [-0.15, -0.1) is 18.3 Å². The molecule has 0 bridgehead atoms. The quantitative estimate of drug-likeness (QED) is 0.699. The molecule has 0 aromatic heterocycles. The molecule has 0 amide bonds. The van der Waals surface area contributed by atoms with Gasteiger partial charge in [0.1, 0.15) is 19.0 Å². The fourth-order valence-corrected chi connectivity index (χ4v) is 3.17. The third-order valence-electron chi connectivity index (χ3n) is 2.94. The van der Waals surface area contributed by atoms with E-state index in [0.717, 1.165) is 5.75 Å². The molecule has 0 unspecified atom stereocenters. The van der Waals surface area contributed by atoms with Gasteiger partial charge in [0.15, 0.2) is 0 Å². The van der Waals surface area contributed by atoms with Crippen molar-refractivity contribution in [1.82, 2.24) is 4.90 Å². The first kappa shape index (κ1) is 13.6. The number of aliphatic hydroxyl groups excluding tert-OH is 2. The van der Waals surface area contributed by atoms with E-state index in [4.69, 9.17) is 4.74 Å². The molecule has 1 fully saturated rings. The lowest BCUT2D eigenvalue weighted by Gasteiger charge is -2.30. The maximum absolute atomic E-state index is 10.1. The van der Waals surface area contributed by atoms with Crippen molar-refractivity contribution in [2.75, 3.05) is 19.0 Å². The van der Waals surface area contributed by atoms with E-state index in [9.17, 15) is 10.2 Å². The molecule has 4 atom stereocenters. The Balaban J connectivity index is 2.07. The number of aliphatic hydroxyl groups is 2. The molecule has 2 rings (SSSR count). The van der Waals surface area contributed by atoms with Crippen LogP contribution in [-0.2, 0) is 4.74 Å². The van der Waals surface area contributed by atoms with Crippen LogP contribution in [0.1, 0.15) is 0 Å². The molecule has 0 aliphatic carbocycles. The molecule has 1 saturated heterocycles. The highest BCUT2D eigenvalue weighted by Crippen LogP contribution is 2.33. The highest BCUT2D eigenvalue weighted by atomic mass is 32.2. The van der Waals surface area contributed by atoms with E-state index in [-0.39, 0.29) is 18.1 Å².